The average Bonchev–Trinajstić information content (AvgIpc) is 2.62. The largest absolute Gasteiger partial charge is 0.480 e. The Hall–Kier alpha value is -2.68. The number of amides is 1. The van der Waals surface area contributed by atoms with Crippen molar-refractivity contribution >= 4 is 27.4 Å². The van der Waals surface area contributed by atoms with Crippen LogP contribution in [0.2, 0.25) is 0 Å². The zero-order chi connectivity index (χ0) is 19.4. The molecule has 9 heteroatoms. The molecular weight excluding hydrogens is 356 g/mol. The molecule has 0 bridgehead atoms. The summed E-state index contributed by atoms with van der Waals surface area (Å²) in [6.45, 7) is 5.63. The zero-order valence-corrected chi connectivity index (χ0v) is 15.9. The van der Waals surface area contributed by atoms with E-state index in [4.69, 9.17) is 4.74 Å². The van der Waals surface area contributed by atoms with Crippen LogP contribution < -0.4 is 14.8 Å². The summed E-state index contributed by atoms with van der Waals surface area (Å²) >= 11 is 0. The highest BCUT2D eigenvalue weighted by Crippen LogP contribution is 2.23. The van der Waals surface area contributed by atoms with Crippen LogP contribution in [0.3, 0.4) is 0 Å². The molecule has 1 aromatic heterocycles. The molecule has 1 amide bonds. The van der Waals surface area contributed by atoms with Crippen molar-refractivity contribution in [2.45, 2.75) is 32.1 Å². The Bertz CT molecular complexity index is 863. The number of carbonyl (C=O) groups excluding carboxylic acids is 1. The molecule has 2 aromatic rings. The van der Waals surface area contributed by atoms with E-state index in [9.17, 15) is 13.2 Å². The summed E-state index contributed by atoms with van der Waals surface area (Å²) in [5.41, 5.74) is 0.0269. The maximum absolute atomic E-state index is 12.4. The van der Waals surface area contributed by atoms with Gasteiger partial charge in [-0.15, -0.1) is 10.2 Å². The van der Waals surface area contributed by atoms with Gasteiger partial charge >= 0.3 is 0 Å². The summed E-state index contributed by atoms with van der Waals surface area (Å²) in [5.74, 6) is 0.234. The van der Waals surface area contributed by atoms with Gasteiger partial charge in [-0.1, -0.05) is 20.8 Å². The van der Waals surface area contributed by atoms with Gasteiger partial charge < -0.3 is 10.1 Å². The van der Waals surface area contributed by atoms with Crippen LogP contribution in [0.15, 0.2) is 41.3 Å². The van der Waals surface area contributed by atoms with Gasteiger partial charge in [-0.3, -0.25) is 9.52 Å². The minimum atomic E-state index is -3.82. The molecule has 0 radical (unpaired) electrons. The molecule has 1 aromatic carbocycles. The molecule has 0 aliphatic carbocycles. The molecule has 0 aliphatic rings. The summed E-state index contributed by atoms with van der Waals surface area (Å²) in [6, 6.07) is 8.85. The number of carbonyl (C=O) groups is 1. The van der Waals surface area contributed by atoms with Gasteiger partial charge in [0.2, 0.25) is 11.8 Å². The quantitative estimate of drug-likeness (QED) is 0.766. The fourth-order valence-corrected chi connectivity index (χ4v) is 2.85. The Kier molecular flexibility index (Phi) is 5.81. The summed E-state index contributed by atoms with van der Waals surface area (Å²) in [6.07, 6.45) is 0.693. The number of anilines is 2. The molecule has 0 saturated carbocycles. The second-order valence-corrected chi connectivity index (χ2v) is 7.96. The van der Waals surface area contributed by atoms with Crippen molar-refractivity contribution in [3.05, 3.63) is 36.4 Å². The first-order valence-electron chi connectivity index (χ1n) is 8.00. The van der Waals surface area contributed by atoms with Gasteiger partial charge in [0.05, 0.1) is 12.0 Å². The maximum Gasteiger partial charge on any atom is 0.263 e. The summed E-state index contributed by atoms with van der Waals surface area (Å²) in [4.78, 5) is 12.2. The normalized spacial score (nSPS) is 11.7. The minimum absolute atomic E-state index is 0.0443. The topological polar surface area (TPSA) is 110 Å². The highest BCUT2D eigenvalue weighted by Gasteiger charge is 2.25. The molecule has 0 saturated heterocycles. The van der Waals surface area contributed by atoms with Gasteiger partial charge in [-0.25, -0.2) is 8.42 Å². The molecule has 2 N–H and O–H groups in total. The number of hydrogen-bond acceptors (Lipinski definition) is 6. The lowest BCUT2D eigenvalue weighted by molar-refractivity contribution is -0.124. The van der Waals surface area contributed by atoms with E-state index in [1.54, 1.807) is 0 Å². The third-order valence-electron chi connectivity index (χ3n) is 4.01. The van der Waals surface area contributed by atoms with Gasteiger partial charge in [0, 0.05) is 17.2 Å². The molecule has 26 heavy (non-hydrogen) atoms. The number of sulfonamides is 1. The fraction of sp³-hybridized carbons (Fsp3) is 0.353. The highest BCUT2D eigenvalue weighted by atomic mass is 32.2. The van der Waals surface area contributed by atoms with Gasteiger partial charge in [0.1, 0.15) is 0 Å². The Morgan fingerprint density at radius 3 is 2.27 bits per heavy atom. The van der Waals surface area contributed by atoms with Crippen molar-refractivity contribution in [1.82, 2.24) is 10.2 Å². The molecule has 1 heterocycles. The Morgan fingerprint density at radius 1 is 1.12 bits per heavy atom. The van der Waals surface area contributed by atoms with Crippen LogP contribution in [0.4, 0.5) is 11.5 Å². The molecular formula is C17H22N4O4S. The molecule has 0 aliphatic heterocycles. The number of methoxy groups -OCH3 is 1. The van der Waals surface area contributed by atoms with Crippen LogP contribution in [0.25, 0.3) is 0 Å². The van der Waals surface area contributed by atoms with E-state index in [1.165, 1.54) is 43.5 Å². The van der Waals surface area contributed by atoms with Crippen molar-refractivity contribution < 1.29 is 17.9 Å². The van der Waals surface area contributed by atoms with Crippen molar-refractivity contribution in [3.63, 3.8) is 0 Å². The van der Waals surface area contributed by atoms with E-state index >= 15 is 0 Å². The molecule has 0 fully saturated rings. The first-order valence-corrected chi connectivity index (χ1v) is 9.48. The molecule has 8 nitrogen and oxygen atoms in total. The molecule has 2 rings (SSSR count). The van der Waals surface area contributed by atoms with Crippen LogP contribution in [-0.2, 0) is 14.8 Å². The average molecular weight is 378 g/mol. The van der Waals surface area contributed by atoms with Crippen LogP contribution in [0, 0.1) is 5.41 Å². The predicted octanol–water partition coefficient (Wildman–Crippen LogP) is 2.66. The maximum atomic E-state index is 12.4. The van der Waals surface area contributed by atoms with Crippen LogP contribution in [-0.4, -0.2) is 31.6 Å². The molecule has 0 unspecified atom stereocenters. The SMILES string of the molecule is CCC(C)(C)C(=O)Nc1ccc(S(=O)(=O)Nc2ccc(OC)nn2)cc1. The van der Waals surface area contributed by atoms with Crippen molar-refractivity contribution in [2.24, 2.45) is 5.41 Å². The number of aromatic nitrogens is 2. The second kappa shape index (κ2) is 7.69. The first-order chi connectivity index (χ1) is 12.2. The predicted molar refractivity (Wildman–Crippen MR) is 98.5 cm³/mol. The van der Waals surface area contributed by atoms with E-state index in [-0.39, 0.29) is 22.5 Å². The highest BCUT2D eigenvalue weighted by molar-refractivity contribution is 7.92. The van der Waals surface area contributed by atoms with Gasteiger partial charge in [-0.05, 0) is 36.8 Å². The number of benzene rings is 1. The van der Waals surface area contributed by atoms with Crippen molar-refractivity contribution in [1.29, 1.82) is 0 Å². The monoisotopic (exact) mass is 378 g/mol. The molecule has 0 atom stereocenters. The van der Waals surface area contributed by atoms with E-state index < -0.39 is 15.4 Å². The van der Waals surface area contributed by atoms with Gasteiger partial charge in [-0.2, -0.15) is 0 Å². The smallest absolute Gasteiger partial charge is 0.263 e. The number of nitrogens with one attached hydrogen (secondary N) is 2. The summed E-state index contributed by atoms with van der Waals surface area (Å²) in [5, 5.41) is 10.2. The minimum Gasteiger partial charge on any atom is -0.480 e. The van der Waals surface area contributed by atoms with Crippen LogP contribution >= 0.6 is 0 Å². The number of ether oxygens (including phenoxy) is 1. The number of rotatable bonds is 7. The second-order valence-electron chi connectivity index (χ2n) is 6.28. The third-order valence-corrected chi connectivity index (χ3v) is 5.38. The standard InChI is InChI=1S/C17H22N4O4S/c1-5-17(2,3)16(22)18-12-6-8-13(9-7-12)26(23,24)21-14-10-11-15(25-4)20-19-14/h6-11H,5H2,1-4H3,(H,18,22)(H,19,21). The number of nitrogens with zero attached hydrogens (tertiary/aromatic N) is 2. The fourth-order valence-electron chi connectivity index (χ4n) is 1.86. The lowest BCUT2D eigenvalue weighted by Crippen LogP contribution is -2.29. The molecule has 0 spiro atoms. The van der Waals surface area contributed by atoms with E-state index in [2.05, 4.69) is 20.2 Å². The van der Waals surface area contributed by atoms with Gasteiger partial charge in [0.25, 0.3) is 10.0 Å². The van der Waals surface area contributed by atoms with Crippen molar-refractivity contribution in [2.75, 3.05) is 17.1 Å². The van der Waals surface area contributed by atoms with Gasteiger partial charge in [0.15, 0.2) is 5.82 Å². The Balaban J connectivity index is 2.11. The van der Waals surface area contributed by atoms with E-state index in [1.807, 2.05) is 20.8 Å². The lowest BCUT2D eigenvalue weighted by atomic mass is 9.89. The first kappa shape index (κ1) is 19.6. The zero-order valence-electron chi connectivity index (χ0n) is 15.1. The van der Waals surface area contributed by atoms with E-state index in [0.29, 0.717) is 12.1 Å². The van der Waals surface area contributed by atoms with Crippen molar-refractivity contribution in [3.8, 4) is 5.88 Å². The van der Waals surface area contributed by atoms with Crippen LogP contribution in [0.5, 0.6) is 5.88 Å². The van der Waals surface area contributed by atoms with Crippen LogP contribution in [0.1, 0.15) is 27.2 Å². The molecule has 140 valence electrons. The number of hydrogen-bond donors (Lipinski definition) is 2. The summed E-state index contributed by atoms with van der Waals surface area (Å²) < 4.78 is 32.0. The Morgan fingerprint density at radius 2 is 1.77 bits per heavy atom. The lowest BCUT2D eigenvalue weighted by Gasteiger charge is -2.21. The third kappa shape index (κ3) is 4.69. The Labute approximate surface area is 153 Å². The summed E-state index contributed by atoms with van der Waals surface area (Å²) in [7, 11) is -2.38. The van der Waals surface area contributed by atoms with E-state index in [0.717, 1.165) is 0 Å².